The molecule has 0 unspecified atom stereocenters. The third kappa shape index (κ3) is 5.37. The molecule has 0 saturated carbocycles. The van der Waals surface area contributed by atoms with E-state index in [1.807, 2.05) is 17.0 Å². The molecule has 1 aliphatic rings. The SMILES string of the molecule is CC(C)(C)c1ccc([C@H]([C@H](O)CO)N2CCN(c3ncc(C(=O)NO)cn3)CC2)cc1. The summed E-state index contributed by atoms with van der Waals surface area (Å²) in [5.74, 6) is -0.155. The van der Waals surface area contributed by atoms with Crippen molar-refractivity contribution in [2.45, 2.75) is 38.3 Å². The van der Waals surface area contributed by atoms with Gasteiger partial charge in [0.25, 0.3) is 5.91 Å². The Hall–Kier alpha value is -2.59. The largest absolute Gasteiger partial charge is 0.394 e. The summed E-state index contributed by atoms with van der Waals surface area (Å²) in [5.41, 5.74) is 3.97. The predicted octanol–water partition coefficient (Wildman–Crippen LogP) is 1.11. The smallest absolute Gasteiger partial charge is 0.277 e. The number of anilines is 1. The van der Waals surface area contributed by atoms with E-state index in [2.05, 4.69) is 47.8 Å². The molecule has 31 heavy (non-hydrogen) atoms. The van der Waals surface area contributed by atoms with Crippen molar-refractivity contribution in [3.63, 3.8) is 0 Å². The van der Waals surface area contributed by atoms with Crippen molar-refractivity contribution in [3.05, 3.63) is 53.3 Å². The van der Waals surface area contributed by atoms with E-state index in [0.717, 1.165) is 5.56 Å². The number of benzene rings is 1. The maximum absolute atomic E-state index is 11.4. The quantitative estimate of drug-likeness (QED) is 0.398. The maximum Gasteiger partial charge on any atom is 0.277 e. The highest BCUT2D eigenvalue weighted by molar-refractivity contribution is 5.92. The molecular formula is C22H31N5O4. The number of nitrogens with one attached hydrogen (secondary N) is 1. The minimum absolute atomic E-state index is 0.0443. The van der Waals surface area contributed by atoms with Crippen LogP contribution >= 0.6 is 0 Å². The van der Waals surface area contributed by atoms with Crippen LogP contribution in [0.3, 0.4) is 0 Å². The minimum atomic E-state index is -0.889. The second kappa shape index (κ2) is 9.69. The van der Waals surface area contributed by atoms with Crippen molar-refractivity contribution in [2.24, 2.45) is 0 Å². The number of amides is 1. The molecule has 0 radical (unpaired) electrons. The van der Waals surface area contributed by atoms with Crippen molar-refractivity contribution in [3.8, 4) is 0 Å². The summed E-state index contributed by atoms with van der Waals surface area (Å²) in [6, 6.07) is 7.92. The van der Waals surface area contributed by atoms with Crippen LogP contribution in [0.5, 0.6) is 0 Å². The first-order chi connectivity index (χ1) is 14.7. The number of aliphatic hydroxyl groups excluding tert-OH is 2. The van der Waals surface area contributed by atoms with Crippen LogP contribution in [0.15, 0.2) is 36.7 Å². The van der Waals surface area contributed by atoms with E-state index in [1.165, 1.54) is 18.0 Å². The van der Waals surface area contributed by atoms with Gasteiger partial charge < -0.3 is 15.1 Å². The molecular weight excluding hydrogens is 398 g/mol. The van der Waals surface area contributed by atoms with Crippen LogP contribution in [0, 0.1) is 0 Å². The van der Waals surface area contributed by atoms with E-state index in [-0.39, 0.29) is 23.6 Å². The molecule has 2 atom stereocenters. The van der Waals surface area contributed by atoms with Crippen molar-refractivity contribution in [2.75, 3.05) is 37.7 Å². The number of piperazine rings is 1. The average molecular weight is 430 g/mol. The molecule has 0 bridgehead atoms. The van der Waals surface area contributed by atoms with Gasteiger partial charge in [-0.1, -0.05) is 45.0 Å². The van der Waals surface area contributed by atoms with Gasteiger partial charge in [0, 0.05) is 38.6 Å². The molecule has 1 fully saturated rings. The fraction of sp³-hybridized carbons (Fsp3) is 0.500. The molecule has 1 aromatic heterocycles. The summed E-state index contributed by atoms with van der Waals surface area (Å²) in [6.45, 7) is 8.75. The number of hydroxylamine groups is 1. The molecule has 9 nitrogen and oxygen atoms in total. The second-order valence-electron chi connectivity index (χ2n) is 8.80. The lowest BCUT2D eigenvalue weighted by atomic mass is 9.85. The van der Waals surface area contributed by atoms with Crippen LogP contribution in [0.2, 0.25) is 0 Å². The van der Waals surface area contributed by atoms with Gasteiger partial charge in [0.15, 0.2) is 0 Å². The van der Waals surface area contributed by atoms with Crippen LogP contribution in [0.25, 0.3) is 0 Å². The molecule has 1 aromatic carbocycles. The lowest BCUT2D eigenvalue weighted by Gasteiger charge is -2.41. The van der Waals surface area contributed by atoms with E-state index >= 15 is 0 Å². The summed E-state index contributed by atoms with van der Waals surface area (Å²) < 4.78 is 0. The van der Waals surface area contributed by atoms with E-state index in [1.54, 1.807) is 5.48 Å². The Bertz CT molecular complexity index is 859. The monoisotopic (exact) mass is 429 g/mol. The van der Waals surface area contributed by atoms with E-state index in [9.17, 15) is 15.0 Å². The summed E-state index contributed by atoms with van der Waals surface area (Å²) in [5, 5.41) is 28.9. The third-order valence-electron chi connectivity index (χ3n) is 5.66. The van der Waals surface area contributed by atoms with Crippen molar-refractivity contribution in [1.29, 1.82) is 0 Å². The number of carbonyl (C=O) groups is 1. The third-order valence-corrected chi connectivity index (χ3v) is 5.66. The Labute approximate surface area is 182 Å². The van der Waals surface area contributed by atoms with Gasteiger partial charge in [0.1, 0.15) is 0 Å². The summed E-state index contributed by atoms with van der Waals surface area (Å²) >= 11 is 0. The molecule has 0 spiro atoms. The van der Waals surface area contributed by atoms with Crippen LogP contribution in [-0.4, -0.2) is 75.1 Å². The van der Waals surface area contributed by atoms with Gasteiger partial charge >= 0.3 is 0 Å². The molecule has 2 heterocycles. The maximum atomic E-state index is 11.4. The number of hydrogen-bond acceptors (Lipinski definition) is 8. The molecule has 2 aromatic rings. The lowest BCUT2D eigenvalue weighted by molar-refractivity contribution is 0.00726. The van der Waals surface area contributed by atoms with Gasteiger partial charge in [-0.25, -0.2) is 15.4 Å². The number of aliphatic hydroxyl groups is 2. The number of nitrogens with zero attached hydrogens (tertiary/aromatic N) is 4. The van der Waals surface area contributed by atoms with Gasteiger partial charge in [-0.15, -0.1) is 0 Å². The molecule has 0 aliphatic carbocycles. The van der Waals surface area contributed by atoms with Gasteiger partial charge in [0.2, 0.25) is 5.95 Å². The van der Waals surface area contributed by atoms with Crippen molar-refractivity contribution in [1.82, 2.24) is 20.3 Å². The molecule has 4 N–H and O–H groups in total. The Morgan fingerprint density at radius 2 is 1.68 bits per heavy atom. The highest BCUT2D eigenvalue weighted by atomic mass is 16.5. The fourth-order valence-electron chi connectivity index (χ4n) is 3.82. The second-order valence-corrected chi connectivity index (χ2v) is 8.80. The predicted molar refractivity (Wildman–Crippen MR) is 116 cm³/mol. The number of aromatic nitrogens is 2. The zero-order valence-electron chi connectivity index (χ0n) is 18.2. The van der Waals surface area contributed by atoms with Crippen LogP contribution in [0.1, 0.15) is 48.3 Å². The summed E-state index contributed by atoms with van der Waals surface area (Å²) in [6.07, 6.45) is 1.85. The first kappa shape index (κ1) is 23.1. The Kier molecular flexibility index (Phi) is 7.22. The number of carbonyl (C=O) groups excluding carboxylic acids is 1. The average Bonchev–Trinajstić information content (AvgIpc) is 2.79. The zero-order valence-corrected chi connectivity index (χ0v) is 18.2. The first-order valence-electron chi connectivity index (χ1n) is 10.4. The van der Waals surface area contributed by atoms with Gasteiger partial charge in [-0.05, 0) is 16.5 Å². The normalized spacial score (nSPS) is 17.3. The minimum Gasteiger partial charge on any atom is -0.394 e. The zero-order chi connectivity index (χ0) is 22.6. The molecule has 1 amide bonds. The first-order valence-corrected chi connectivity index (χ1v) is 10.4. The van der Waals surface area contributed by atoms with Crippen molar-refractivity contribution < 1.29 is 20.2 Å². The van der Waals surface area contributed by atoms with E-state index in [0.29, 0.717) is 32.1 Å². The van der Waals surface area contributed by atoms with Gasteiger partial charge in [0.05, 0.1) is 24.3 Å². The molecule has 1 aliphatic heterocycles. The topological polar surface area (TPSA) is 122 Å². The van der Waals surface area contributed by atoms with E-state index in [4.69, 9.17) is 5.21 Å². The summed E-state index contributed by atoms with van der Waals surface area (Å²) in [7, 11) is 0. The van der Waals surface area contributed by atoms with Crippen LogP contribution in [0.4, 0.5) is 5.95 Å². The Balaban J connectivity index is 1.70. The Morgan fingerprint density at radius 1 is 1.10 bits per heavy atom. The molecule has 168 valence electrons. The lowest BCUT2D eigenvalue weighted by Crippen LogP contribution is -2.51. The fourth-order valence-corrected chi connectivity index (χ4v) is 3.82. The number of hydrogen-bond donors (Lipinski definition) is 4. The Morgan fingerprint density at radius 3 is 2.16 bits per heavy atom. The molecule has 3 rings (SSSR count). The van der Waals surface area contributed by atoms with Crippen LogP contribution < -0.4 is 10.4 Å². The van der Waals surface area contributed by atoms with Gasteiger partial charge in [-0.2, -0.15) is 0 Å². The van der Waals surface area contributed by atoms with E-state index < -0.39 is 12.0 Å². The van der Waals surface area contributed by atoms with Crippen molar-refractivity contribution >= 4 is 11.9 Å². The standard InChI is InChI=1S/C22H31N5O4/c1-22(2,3)17-6-4-15(5-7-17)19(18(29)14-28)26-8-10-27(11-9-26)21-23-12-16(13-24-21)20(30)25-31/h4-7,12-13,18-19,28-29,31H,8-11,14H2,1-3H3,(H,25,30)/t18-,19-/m1/s1. The highest BCUT2D eigenvalue weighted by Crippen LogP contribution is 2.29. The number of rotatable bonds is 6. The molecule has 9 heteroatoms. The van der Waals surface area contributed by atoms with Gasteiger partial charge in [-0.3, -0.25) is 14.9 Å². The highest BCUT2D eigenvalue weighted by Gasteiger charge is 2.31. The summed E-state index contributed by atoms with van der Waals surface area (Å²) in [4.78, 5) is 24.0. The molecule has 1 saturated heterocycles. The van der Waals surface area contributed by atoms with Crippen LogP contribution in [-0.2, 0) is 5.41 Å².